The van der Waals surface area contributed by atoms with Crippen LogP contribution >= 0.6 is 11.8 Å². The van der Waals surface area contributed by atoms with Gasteiger partial charge in [0.2, 0.25) is 0 Å². The summed E-state index contributed by atoms with van der Waals surface area (Å²) in [7, 11) is 0. The Labute approximate surface area is 99.8 Å². The third kappa shape index (κ3) is 4.78. The molecular weight excluding hydrogens is 202 g/mol. The highest BCUT2D eigenvalue weighted by Gasteiger charge is 2.24. The van der Waals surface area contributed by atoms with Gasteiger partial charge in [0, 0.05) is 17.3 Å². The van der Waals surface area contributed by atoms with E-state index in [1.165, 1.54) is 44.9 Å². The summed E-state index contributed by atoms with van der Waals surface area (Å²) in [5, 5.41) is 4.77. The molecule has 0 saturated heterocycles. The quantitative estimate of drug-likeness (QED) is 0.712. The van der Waals surface area contributed by atoms with E-state index in [-0.39, 0.29) is 0 Å². The fraction of sp³-hybridized carbons (Fsp3) is 1.00. The largest absolute Gasteiger partial charge is 0.311 e. The number of hydrogen-bond donors (Lipinski definition) is 1. The van der Waals surface area contributed by atoms with E-state index < -0.39 is 0 Å². The predicted octanol–water partition coefficient (Wildman–Crippen LogP) is 3.83. The Morgan fingerprint density at radius 3 is 2.67 bits per heavy atom. The summed E-state index contributed by atoms with van der Waals surface area (Å²) < 4.78 is 0. The van der Waals surface area contributed by atoms with Gasteiger partial charge in [0.25, 0.3) is 0 Å². The van der Waals surface area contributed by atoms with Gasteiger partial charge in [-0.3, -0.25) is 0 Å². The summed E-state index contributed by atoms with van der Waals surface area (Å²) in [6, 6.07) is 1.58. The molecule has 1 nitrogen and oxygen atoms in total. The van der Waals surface area contributed by atoms with E-state index in [2.05, 4.69) is 25.4 Å². The van der Waals surface area contributed by atoms with E-state index >= 15 is 0 Å². The smallest absolute Gasteiger partial charge is 0.00805 e. The second kappa shape index (κ2) is 7.56. The molecule has 1 N–H and O–H groups in total. The summed E-state index contributed by atoms with van der Waals surface area (Å²) in [4.78, 5) is 0. The zero-order valence-electron chi connectivity index (χ0n) is 10.6. The molecule has 2 heteroatoms. The van der Waals surface area contributed by atoms with Crippen LogP contribution in [-0.2, 0) is 0 Å². The molecule has 0 amide bonds. The summed E-state index contributed by atoms with van der Waals surface area (Å²) in [6.07, 6.45) is 11.8. The van der Waals surface area contributed by atoms with Crippen LogP contribution in [0.4, 0.5) is 0 Å². The summed E-state index contributed by atoms with van der Waals surface area (Å²) >= 11 is 2.05. The van der Waals surface area contributed by atoms with Gasteiger partial charge in [-0.15, -0.1) is 0 Å². The molecular formula is C13H27NS. The maximum atomic E-state index is 3.85. The van der Waals surface area contributed by atoms with E-state index in [1.54, 1.807) is 0 Å². The van der Waals surface area contributed by atoms with Gasteiger partial charge in [0.1, 0.15) is 0 Å². The molecule has 0 heterocycles. The molecule has 1 saturated carbocycles. The molecule has 3 unspecified atom stereocenters. The fourth-order valence-corrected chi connectivity index (χ4v) is 3.29. The number of nitrogens with one attached hydrogen (secondary N) is 1. The van der Waals surface area contributed by atoms with E-state index in [9.17, 15) is 0 Å². The molecule has 0 aliphatic heterocycles. The van der Waals surface area contributed by atoms with Crippen LogP contribution in [0, 0.1) is 0 Å². The van der Waals surface area contributed by atoms with Crippen molar-refractivity contribution in [3.05, 3.63) is 0 Å². The van der Waals surface area contributed by atoms with E-state index in [4.69, 9.17) is 0 Å². The molecule has 0 aromatic heterocycles. The highest BCUT2D eigenvalue weighted by Crippen LogP contribution is 2.28. The molecule has 1 aliphatic rings. The van der Waals surface area contributed by atoms with Crippen LogP contribution in [0.3, 0.4) is 0 Å². The minimum atomic E-state index is 0.774. The predicted molar refractivity (Wildman–Crippen MR) is 71.7 cm³/mol. The van der Waals surface area contributed by atoms with Gasteiger partial charge in [-0.05, 0) is 38.4 Å². The monoisotopic (exact) mass is 229 g/mol. The lowest BCUT2D eigenvalue weighted by atomic mass is 10.1. The topological polar surface area (TPSA) is 12.0 Å². The van der Waals surface area contributed by atoms with E-state index in [1.807, 2.05) is 11.8 Å². The Balaban J connectivity index is 2.20. The molecule has 15 heavy (non-hydrogen) atoms. The standard InChI is InChI=1S/C13H27NS/c1-4-6-7-11(5-2)14-12-8-9-13(10-12)15-3/h11-14H,4-10H2,1-3H3. The third-order valence-corrected chi connectivity index (χ3v) is 4.68. The Morgan fingerprint density at radius 1 is 1.33 bits per heavy atom. The molecule has 0 bridgehead atoms. The van der Waals surface area contributed by atoms with Crippen LogP contribution in [-0.4, -0.2) is 23.6 Å². The number of thioether (sulfide) groups is 1. The first-order chi connectivity index (χ1) is 7.30. The maximum absolute atomic E-state index is 3.85. The molecule has 90 valence electrons. The highest BCUT2D eigenvalue weighted by atomic mass is 32.2. The van der Waals surface area contributed by atoms with Crippen molar-refractivity contribution in [2.24, 2.45) is 0 Å². The molecule has 0 aromatic carbocycles. The van der Waals surface area contributed by atoms with Crippen molar-refractivity contribution in [2.45, 2.75) is 76.1 Å². The lowest BCUT2D eigenvalue weighted by molar-refractivity contribution is 0.393. The van der Waals surface area contributed by atoms with Crippen LogP contribution in [0.15, 0.2) is 0 Å². The van der Waals surface area contributed by atoms with Crippen molar-refractivity contribution in [1.29, 1.82) is 0 Å². The van der Waals surface area contributed by atoms with Gasteiger partial charge in [0.15, 0.2) is 0 Å². The highest BCUT2D eigenvalue weighted by molar-refractivity contribution is 7.99. The first-order valence-corrected chi connectivity index (χ1v) is 7.87. The minimum Gasteiger partial charge on any atom is -0.311 e. The zero-order chi connectivity index (χ0) is 11.1. The molecule has 1 fully saturated rings. The summed E-state index contributed by atoms with van der Waals surface area (Å²) in [6.45, 7) is 4.60. The minimum absolute atomic E-state index is 0.774. The second-order valence-corrected chi connectivity index (χ2v) is 5.92. The molecule has 0 radical (unpaired) electrons. The van der Waals surface area contributed by atoms with E-state index in [0.29, 0.717) is 0 Å². The average molecular weight is 229 g/mol. The van der Waals surface area contributed by atoms with Gasteiger partial charge in [-0.2, -0.15) is 11.8 Å². The number of unbranched alkanes of at least 4 members (excludes halogenated alkanes) is 1. The van der Waals surface area contributed by atoms with Crippen molar-refractivity contribution in [1.82, 2.24) is 5.32 Å². The molecule has 3 atom stereocenters. The summed E-state index contributed by atoms with van der Waals surface area (Å²) in [5.41, 5.74) is 0. The average Bonchev–Trinajstić information content (AvgIpc) is 2.71. The van der Waals surface area contributed by atoms with Crippen molar-refractivity contribution >= 4 is 11.8 Å². The maximum Gasteiger partial charge on any atom is 0.00805 e. The van der Waals surface area contributed by atoms with Crippen LogP contribution in [0.1, 0.15) is 58.8 Å². The van der Waals surface area contributed by atoms with Crippen LogP contribution in [0.2, 0.25) is 0 Å². The van der Waals surface area contributed by atoms with Crippen molar-refractivity contribution < 1.29 is 0 Å². The Kier molecular flexibility index (Phi) is 6.74. The Morgan fingerprint density at radius 2 is 2.13 bits per heavy atom. The molecule has 0 aromatic rings. The van der Waals surface area contributed by atoms with Gasteiger partial charge in [0.05, 0.1) is 0 Å². The normalized spacial score (nSPS) is 28.2. The van der Waals surface area contributed by atoms with Crippen molar-refractivity contribution in [2.75, 3.05) is 6.26 Å². The van der Waals surface area contributed by atoms with Crippen LogP contribution in [0.5, 0.6) is 0 Å². The second-order valence-electron chi connectivity index (χ2n) is 4.78. The number of rotatable bonds is 7. The zero-order valence-corrected chi connectivity index (χ0v) is 11.4. The fourth-order valence-electron chi connectivity index (χ4n) is 2.49. The third-order valence-electron chi connectivity index (χ3n) is 3.59. The van der Waals surface area contributed by atoms with E-state index in [0.717, 1.165) is 17.3 Å². The first kappa shape index (κ1) is 13.4. The lowest BCUT2D eigenvalue weighted by Gasteiger charge is -2.21. The Bertz CT molecular complexity index is 161. The van der Waals surface area contributed by atoms with Crippen LogP contribution in [0.25, 0.3) is 0 Å². The lowest BCUT2D eigenvalue weighted by Crippen LogP contribution is -2.36. The molecule has 1 rings (SSSR count). The molecule has 0 spiro atoms. The number of hydrogen-bond acceptors (Lipinski definition) is 2. The van der Waals surface area contributed by atoms with Gasteiger partial charge in [-0.1, -0.05) is 26.7 Å². The first-order valence-electron chi connectivity index (χ1n) is 6.59. The van der Waals surface area contributed by atoms with Crippen molar-refractivity contribution in [3.8, 4) is 0 Å². The Hall–Kier alpha value is 0.310. The van der Waals surface area contributed by atoms with Gasteiger partial charge < -0.3 is 5.32 Å². The van der Waals surface area contributed by atoms with Gasteiger partial charge in [-0.25, -0.2) is 0 Å². The SMILES string of the molecule is CCCCC(CC)NC1CCC(SC)C1. The van der Waals surface area contributed by atoms with Crippen molar-refractivity contribution in [3.63, 3.8) is 0 Å². The van der Waals surface area contributed by atoms with Crippen LogP contribution < -0.4 is 5.32 Å². The summed E-state index contributed by atoms with van der Waals surface area (Å²) in [5.74, 6) is 0. The van der Waals surface area contributed by atoms with Gasteiger partial charge >= 0.3 is 0 Å². The molecule has 1 aliphatic carbocycles.